The number of rotatable bonds is 4. The van der Waals surface area contributed by atoms with Gasteiger partial charge in [-0.25, -0.2) is 4.39 Å². The number of pyridine rings is 1. The predicted molar refractivity (Wildman–Crippen MR) is 65.2 cm³/mol. The van der Waals surface area contributed by atoms with Crippen molar-refractivity contribution in [1.82, 2.24) is 4.98 Å². The number of ether oxygens (including phenoxy) is 1. The molecule has 0 aliphatic rings. The van der Waals surface area contributed by atoms with Gasteiger partial charge in [-0.15, -0.1) is 0 Å². The SMILES string of the molecule is COc1cccc(CC(=O)c2ccc(F)cn2)c1. The molecule has 1 aromatic carbocycles. The van der Waals surface area contributed by atoms with E-state index in [4.69, 9.17) is 4.74 Å². The smallest absolute Gasteiger partial charge is 0.185 e. The first-order valence-corrected chi connectivity index (χ1v) is 5.47. The lowest BCUT2D eigenvalue weighted by molar-refractivity contribution is 0.0988. The highest BCUT2D eigenvalue weighted by molar-refractivity contribution is 5.95. The topological polar surface area (TPSA) is 39.2 Å². The third kappa shape index (κ3) is 2.91. The van der Waals surface area contributed by atoms with Crippen molar-refractivity contribution in [1.29, 1.82) is 0 Å². The fraction of sp³-hybridized carbons (Fsp3) is 0.143. The summed E-state index contributed by atoms with van der Waals surface area (Å²) in [5.74, 6) is 0.101. The van der Waals surface area contributed by atoms with Gasteiger partial charge in [-0.1, -0.05) is 12.1 Å². The maximum absolute atomic E-state index is 12.7. The van der Waals surface area contributed by atoms with Crippen LogP contribution in [0.3, 0.4) is 0 Å². The van der Waals surface area contributed by atoms with Crippen LogP contribution in [-0.2, 0) is 6.42 Å². The van der Waals surface area contributed by atoms with Crippen LogP contribution < -0.4 is 4.74 Å². The van der Waals surface area contributed by atoms with Gasteiger partial charge in [0.25, 0.3) is 0 Å². The number of halogens is 1. The Balaban J connectivity index is 2.13. The van der Waals surface area contributed by atoms with Crippen molar-refractivity contribution < 1.29 is 13.9 Å². The molecular formula is C14H12FNO2. The molecule has 0 aliphatic heterocycles. The highest BCUT2D eigenvalue weighted by atomic mass is 19.1. The van der Waals surface area contributed by atoms with E-state index in [1.54, 1.807) is 13.2 Å². The summed E-state index contributed by atoms with van der Waals surface area (Å²) < 4.78 is 17.8. The number of carbonyl (C=O) groups is 1. The van der Waals surface area contributed by atoms with E-state index in [1.807, 2.05) is 18.2 Å². The monoisotopic (exact) mass is 245 g/mol. The molecule has 2 rings (SSSR count). The predicted octanol–water partition coefficient (Wildman–Crippen LogP) is 2.65. The minimum atomic E-state index is -0.451. The molecule has 0 N–H and O–H groups in total. The fourth-order valence-corrected chi connectivity index (χ4v) is 1.60. The molecule has 0 aliphatic carbocycles. The van der Waals surface area contributed by atoms with Crippen LogP contribution in [0.1, 0.15) is 16.1 Å². The van der Waals surface area contributed by atoms with Gasteiger partial charge in [0.05, 0.1) is 13.3 Å². The normalized spacial score (nSPS) is 10.1. The summed E-state index contributed by atoms with van der Waals surface area (Å²) in [5.41, 5.74) is 1.10. The molecule has 0 amide bonds. The van der Waals surface area contributed by atoms with Gasteiger partial charge in [0.2, 0.25) is 0 Å². The Bertz CT molecular complexity index is 552. The summed E-state index contributed by atoms with van der Waals surface area (Å²) in [5, 5.41) is 0. The number of hydrogen-bond donors (Lipinski definition) is 0. The van der Waals surface area contributed by atoms with Crippen LogP contribution in [0.5, 0.6) is 5.75 Å². The molecule has 92 valence electrons. The lowest BCUT2D eigenvalue weighted by Crippen LogP contribution is -2.06. The van der Waals surface area contributed by atoms with Crippen LogP contribution in [0.2, 0.25) is 0 Å². The van der Waals surface area contributed by atoms with E-state index in [9.17, 15) is 9.18 Å². The maximum Gasteiger partial charge on any atom is 0.185 e. The van der Waals surface area contributed by atoms with Gasteiger partial charge in [-0.2, -0.15) is 0 Å². The summed E-state index contributed by atoms with van der Waals surface area (Å²) in [4.78, 5) is 15.7. The van der Waals surface area contributed by atoms with Crippen molar-refractivity contribution in [3.63, 3.8) is 0 Å². The van der Waals surface area contributed by atoms with E-state index in [0.717, 1.165) is 11.8 Å². The van der Waals surface area contributed by atoms with Crippen LogP contribution in [0.25, 0.3) is 0 Å². The molecule has 1 heterocycles. The van der Waals surface area contributed by atoms with Gasteiger partial charge < -0.3 is 4.74 Å². The molecule has 18 heavy (non-hydrogen) atoms. The minimum Gasteiger partial charge on any atom is -0.497 e. The Morgan fingerprint density at radius 3 is 2.83 bits per heavy atom. The zero-order chi connectivity index (χ0) is 13.0. The van der Waals surface area contributed by atoms with E-state index in [0.29, 0.717) is 5.75 Å². The zero-order valence-electron chi connectivity index (χ0n) is 9.89. The van der Waals surface area contributed by atoms with Gasteiger partial charge in [0.15, 0.2) is 5.78 Å². The number of aromatic nitrogens is 1. The number of hydrogen-bond acceptors (Lipinski definition) is 3. The third-order valence-corrected chi connectivity index (χ3v) is 2.51. The third-order valence-electron chi connectivity index (χ3n) is 2.51. The van der Waals surface area contributed by atoms with E-state index < -0.39 is 5.82 Å². The zero-order valence-corrected chi connectivity index (χ0v) is 9.89. The van der Waals surface area contributed by atoms with Crippen molar-refractivity contribution >= 4 is 5.78 Å². The Morgan fingerprint density at radius 1 is 1.33 bits per heavy atom. The molecule has 0 radical (unpaired) electrons. The first kappa shape index (κ1) is 12.2. The molecular weight excluding hydrogens is 233 g/mol. The Kier molecular flexibility index (Phi) is 3.67. The number of ketones is 1. The quantitative estimate of drug-likeness (QED) is 0.777. The second-order valence-electron chi connectivity index (χ2n) is 3.81. The minimum absolute atomic E-state index is 0.150. The van der Waals surface area contributed by atoms with E-state index in [-0.39, 0.29) is 17.9 Å². The molecule has 1 aromatic heterocycles. The van der Waals surface area contributed by atoms with Crippen LogP contribution >= 0.6 is 0 Å². The van der Waals surface area contributed by atoms with Crippen molar-refractivity contribution in [3.05, 3.63) is 59.7 Å². The maximum atomic E-state index is 12.7. The standard InChI is InChI=1S/C14H12FNO2/c1-18-12-4-2-3-10(7-12)8-14(17)13-6-5-11(15)9-16-13/h2-7,9H,8H2,1H3. The second-order valence-corrected chi connectivity index (χ2v) is 3.81. The van der Waals surface area contributed by atoms with E-state index >= 15 is 0 Å². The average Bonchev–Trinajstić information content (AvgIpc) is 2.39. The molecule has 0 unspecified atom stereocenters. The van der Waals surface area contributed by atoms with E-state index in [1.165, 1.54) is 12.1 Å². The van der Waals surface area contributed by atoms with Crippen LogP contribution in [0.15, 0.2) is 42.6 Å². The van der Waals surface area contributed by atoms with Crippen molar-refractivity contribution in [2.24, 2.45) is 0 Å². The molecule has 0 bridgehead atoms. The Hall–Kier alpha value is -2.23. The first-order chi connectivity index (χ1) is 8.69. The number of benzene rings is 1. The van der Waals surface area contributed by atoms with E-state index in [2.05, 4.69) is 4.98 Å². The molecule has 2 aromatic rings. The lowest BCUT2D eigenvalue weighted by atomic mass is 10.1. The fourth-order valence-electron chi connectivity index (χ4n) is 1.60. The highest BCUT2D eigenvalue weighted by Crippen LogP contribution is 2.14. The van der Waals surface area contributed by atoms with Crippen molar-refractivity contribution in [2.75, 3.05) is 7.11 Å². The van der Waals surface area contributed by atoms with Gasteiger partial charge in [0, 0.05) is 6.42 Å². The molecule has 0 fully saturated rings. The molecule has 0 saturated carbocycles. The molecule has 4 heteroatoms. The number of nitrogens with zero attached hydrogens (tertiary/aromatic N) is 1. The Morgan fingerprint density at radius 2 is 2.17 bits per heavy atom. The summed E-state index contributed by atoms with van der Waals surface area (Å²) in [7, 11) is 1.57. The summed E-state index contributed by atoms with van der Waals surface area (Å²) in [6.07, 6.45) is 1.26. The van der Waals surface area contributed by atoms with Crippen molar-refractivity contribution in [3.8, 4) is 5.75 Å². The van der Waals surface area contributed by atoms with Gasteiger partial charge >= 0.3 is 0 Å². The van der Waals surface area contributed by atoms with Crippen LogP contribution in [-0.4, -0.2) is 17.9 Å². The largest absolute Gasteiger partial charge is 0.497 e. The molecule has 0 saturated heterocycles. The number of carbonyl (C=O) groups excluding carboxylic acids is 1. The highest BCUT2D eigenvalue weighted by Gasteiger charge is 2.09. The van der Waals surface area contributed by atoms with Crippen molar-refractivity contribution in [2.45, 2.75) is 6.42 Å². The molecule has 0 spiro atoms. The number of Topliss-reactive ketones (excluding diaryl/α,β-unsaturated/α-hetero) is 1. The van der Waals surface area contributed by atoms with Crippen LogP contribution in [0.4, 0.5) is 4.39 Å². The summed E-state index contributed by atoms with van der Waals surface area (Å²) in [6, 6.07) is 9.87. The number of methoxy groups -OCH3 is 1. The Labute approximate surface area is 104 Å². The van der Waals surface area contributed by atoms with Gasteiger partial charge in [-0.3, -0.25) is 9.78 Å². The average molecular weight is 245 g/mol. The first-order valence-electron chi connectivity index (χ1n) is 5.47. The second kappa shape index (κ2) is 5.40. The van der Waals surface area contributed by atoms with Gasteiger partial charge in [-0.05, 0) is 29.8 Å². The summed E-state index contributed by atoms with van der Waals surface area (Å²) >= 11 is 0. The summed E-state index contributed by atoms with van der Waals surface area (Å²) in [6.45, 7) is 0. The molecule has 3 nitrogen and oxygen atoms in total. The van der Waals surface area contributed by atoms with Crippen LogP contribution in [0, 0.1) is 5.82 Å². The lowest BCUT2D eigenvalue weighted by Gasteiger charge is -2.03. The van der Waals surface area contributed by atoms with Gasteiger partial charge in [0.1, 0.15) is 17.3 Å². The molecule has 0 atom stereocenters.